The van der Waals surface area contributed by atoms with Gasteiger partial charge < -0.3 is 9.32 Å². The highest BCUT2D eigenvalue weighted by atomic mass is 16.3. The molecule has 0 aliphatic carbocycles. The second kappa shape index (κ2) is 4.10. The molecule has 1 aromatic carbocycles. The van der Waals surface area contributed by atoms with Gasteiger partial charge in [0.05, 0.1) is 19.2 Å². The van der Waals surface area contributed by atoms with Crippen LogP contribution in [0.4, 0.5) is 5.69 Å². The Morgan fingerprint density at radius 3 is 2.83 bits per heavy atom. The summed E-state index contributed by atoms with van der Waals surface area (Å²) in [6, 6.07) is 7.31. The van der Waals surface area contributed by atoms with E-state index in [-0.39, 0.29) is 24.7 Å². The lowest BCUT2D eigenvalue weighted by molar-refractivity contribution is -0.121. The molecule has 0 radical (unpaired) electrons. The van der Waals surface area contributed by atoms with Crippen molar-refractivity contribution in [2.75, 3.05) is 11.4 Å². The summed E-state index contributed by atoms with van der Waals surface area (Å²) in [5.41, 5.74) is 1.54. The zero-order valence-electron chi connectivity index (χ0n) is 9.50. The molecular weight excluding hydrogens is 232 g/mol. The summed E-state index contributed by atoms with van der Waals surface area (Å²) in [5, 5.41) is 0. The van der Waals surface area contributed by atoms with Gasteiger partial charge >= 0.3 is 0 Å². The molecule has 3 rings (SSSR count). The summed E-state index contributed by atoms with van der Waals surface area (Å²) in [5.74, 6) is 0.426. The number of anilines is 1. The maximum atomic E-state index is 11.7. The summed E-state index contributed by atoms with van der Waals surface area (Å²) in [4.78, 5) is 28.3. The van der Waals surface area contributed by atoms with E-state index in [2.05, 4.69) is 4.98 Å². The van der Waals surface area contributed by atoms with Crippen LogP contribution in [0.1, 0.15) is 6.42 Å². The third-order valence-electron chi connectivity index (χ3n) is 2.86. The van der Waals surface area contributed by atoms with Crippen LogP contribution >= 0.6 is 0 Å². The van der Waals surface area contributed by atoms with Gasteiger partial charge in [-0.3, -0.25) is 9.59 Å². The number of benzene rings is 1. The van der Waals surface area contributed by atoms with Gasteiger partial charge in [0, 0.05) is 11.3 Å². The second-order valence-corrected chi connectivity index (χ2v) is 4.11. The fourth-order valence-corrected chi connectivity index (χ4v) is 2.01. The van der Waals surface area contributed by atoms with Gasteiger partial charge in [0.15, 0.2) is 17.9 Å². The van der Waals surface area contributed by atoms with Crippen molar-refractivity contribution in [2.24, 2.45) is 0 Å². The minimum Gasteiger partial charge on any atom is -0.444 e. The van der Waals surface area contributed by atoms with Crippen LogP contribution in [0.3, 0.4) is 0 Å². The zero-order chi connectivity index (χ0) is 12.5. The molecule has 1 aliphatic heterocycles. The molecule has 1 aliphatic rings. The van der Waals surface area contributed by atoms with E-state index in [9.17, 15) is 9.59 Å². The molecule has 0 unspecified atom stereocenters. The first-order valence-electron chi connectivity index (χ1n) is 5.55. The number of hydrogen-bond donors (Lipinski definition) is 0. The minimum atomic E-state index is -0.158. The third kappa shape index (κ3) is 1.79. The predicted molar refractivity (Wildman–Crippen MR) is 63.9 cm³/mol. The molecule has 1 saturated heterocycles. The van der Waals surface area contributed by atoms with E-state index in [1.807, 2.05) is 18.2 Å². The van der Waals surface area contributed by atoms with Crippen LogP contribution in [0.25, 0.3) is 11.3 Å². The van der Waals surface area contributed by atoms with E-state index in [1.165, 1.54) is 11.3 Å². The molecule has 0 spiro atoms. The highest BCUT2D eigenvalue weighted by Crippen LogP contribution is 2.26. The minimum absolute atomic E-state index is 0.00741. The Hall–Kier alpha value is -2.43. The quantitative estimate of drug-likeness (QED) is 0.751. The van der Waals surface area contributed by atoms with E-state index < -0.39 is 0 Å². The van der Waals surface area contributed by atoms with Gasteiger partial charge in [-0.15, -0.1) is 0 Å². The standard InChI is InChI=1S/C13H10N2O3/c16-11-5-13(17)15(7-11)10-3-1-2-9(4-10)12-6-14-8-18-12/h1-4,6,8H,5,7H2. The molecule has 0 N–H and O–H groups in total. The van der Waals surface area contributed by atoms with Crippen molar-refractivity contribution in [1.82, 2.24) is 4.98 Å². The molecule has 1 amide bonds. The number of nitrogens with zero attached hydrogens (tertiary/aromatic N) is 2. The third-order valence-corrected chi connectivity index (χ3v) is 2.86. The van der Waals surface area contributed by atoms with E-state index in [0.29, 0.717) is 11.4 Å². The Labute approximate surface area is 103 Å². The normalized spacial score (nSPS) is 15.4. The molecule has 90 valence electrons. The Bertz CT molecular complexity index is 604. The molecule has 2 heterocycles. The largest absolute Gasteiger partial charge is 0.444 e. The van der Waals surface area contributed by atoms with Gasteiger partial charge in [-0.05, 0) is 12.1 Å². The summed E-state index contributed by atoms with van der Waals surface area (Å²) in [6.07, 6.45) is 2.95. The van der Waals surface area contributed by atoms with Crippen molar-refractivity contribution < 1.29 is 14.0 Å². The Balaban J connectivity index is 1.97. The van der Waals surface area contributed by atoms with Crippen molar-refractivity contribution in [3.05, 3.63) is 36.9 Å². The lowest BCUT2D eigenvalue weighted by atomic mass is 10.1. The average Bonchev–Trinajstić information content (AvgIpc) is 2.99. The van der Waals surface area contributed by atoms with Gasteiger partial charge in [-0.2, -0.15) is 0 Å². The van der Waals surface area contributed by atoms with Crippen LogP contribution in [0.5, 0.6) is 0 Å². The van der Waals surface area contributed by atoms with Crippen LogP contribution in [-0.4, -0.2) is 23.2 Å². The Kier molecular flexibility index (Phi) is 2.44. The van der Waals surface area contributed by atoms with Crippen LogP contribution in [0.15, 0.2) is 41.3 Å². The van der Waals surface area contributed by atoms with Crippen LogP contribution < -0.4 is 4.90 Å². The molecule has 0 saturated carbocycles. The van der Waals surface area contributed by atoms with E-state index in [0.717, 1.165) is 5.56 Å². The van der Waals surface area contributed by atoms with Crippen LogP contribution in [-0.2, 0) is 9.59 Å². The smallest absolute Gasteiger partial charge is 0.234 e. The summed E-state index contributed by atoms with van der Waals surface area (Å²) in [6.45, 7) is 0.151. The van der Waals surface area contributed by atoms with E-state index in [4.69, 9.17) is 4.42 Å². The first-order valence-corrected chi connectivity index (χ1v) is 5.55. The lowest BCUT2D eigenvalue weighted by Gasteiger charge is -2.15. The fraction of sp³-hybridized carbons (Fsp3) is 0.154. The van der Waals surface area contributed by atoms with E-state index >= 15 is 0 Å². The number of carbonyl (C=O) groups excluding carboxylic acids is 2. The number of rotatable bonds is 2. The van der Waals surface area contributed by atoms with Crippen molar-refractivity contribution in [2.45, 2.75) is 6.42 Å². The van der Waals surface area contributed by atoms with Gasteiger partial charge in [-0.1, -0.05) is 12.1 Å². The lowest BCUT2D eigenvalue weighted by Crippen LogP contribution is -2.24. The molecule has 2 aromatic rings. The molecule has 5 heteroatoms. The molecule has 1 aromatic heterocycles. The maximum absolute atomic E-state index is 11.7. The zero-order valence-corrected chi connectivity index (χ0v) is 9.50. The van der Waals surface area contributed by atoms with Gasteiger partial charge in [0.2, 0.25) is 5.91 Å². The number of carbonyl (C=O) groups is 2. The predicted octanol–water partition coefficient (Wildman–Crippen LogP) is 1.65. The fourth-order valence-electron chi connectivity index (χ4n) is 2.01. The number of ketones is 1. The van der Waals surface area contributed by atoms with Crippen molar-refractivity contribution in [3.63, 3.8) is 0 Å². The Morgan fingerprint density at radius 1 is 1.28 bits per heavy atom. The molecule has 5 nitrogen and oxygen atoms in total. The van der Waals surface area contributed by atoms with Crippen LogP contribution in [0.2, 0.25) is 0 Å². The highest BCUT2D eigenvalue weighted by molar-refractivity contribution is 6.15. The summed E-state index contributed by atoms with van der Waals surface area (Å²) in [7, 11) is 0. The highest BCUT2D eigenvalue weighted by Gasteiger charge is 2.28. The van der Waals surface area contributed by atoms with Gasteiger partial charge in [-0.25, -0.2) is 4.98 Å². The van der Waals surface area contributed by atoms with E-state index in [1.54, 1.807) is 12.3 Å². The average molecular weight is 242 g/mol. The first kappa shape index (κ1) is 10.7. The first-order chi connectivity index (χ1) is 8.74. The molecule has 1 fully saturated rings. The van der Waals surface area contributed by atoms with Crippen molar-refractivity contribution in [3.8, 4) is 11.3 Å². The molecule has 0 bridgehead atoms. The van der Waals surface area contributed by atoms with Crippen LogP contribution in [0, 0.1) is 0 Å². The SMILES string of the molecule is O=C1CC(=O)N(c2cccc(-c3cnco3)c2)C1. The summed E-state index contributed by atoms with van der Waals surface area (Å²) >= 11 is 0. The number of oxazole rings is 1. The summed E-state index contributed by atoms with van der Waals surface area (Å²) < 4.78 is 5.20. The number of Topliss-reactive ketones (excluding diaryl/α,β-unsaturated/α-hetero) is 1. The van der Waals surface area contributed by atoms with Crippen molar-refractivity contribution in [1.29, 1.82) is 0 Å². The maximum Gasteiger partial charge on any atom is 0.234 e. The number of hydrogen-bond acceptors (Lipinski definition) is 4. The number of amides is 1. The topological polar surface area (TPSA) is 63.4 Å². The second-order valence-electron chi connectivity index (χ2n) is 4.11. The monoisotopic (exact) mass is 242 g/mol. The van der Waals surface area contributed by atoms with Crippen molar-refractivity contribution >= 4 is 17.4 Å². The Morgan fingerprint density at radius 2 is 2.17 bits per heavy atom. The molecule has 0 atom stereocenters. The van der Waals surface area contributed by atoms with Gasteiger partial charge in [0.1, 0.15) is 0 Å². The molecular formula is C13H10N2O3. The molecule has 18 heavy (non-hydrogen) atoms. The number of aromatic nitrogens is 1. The van der Waals surface area contributed by atoms with Gasteiger partial charge in [0.25, 0.3) is 0 Å².